The molecule has 25 heavy (non-hydrogen) atoms. The number of thiophene rings is 1. The van der Waals surface area contributed by atoms with Gasteiger partial charge in [-0.25, -0.2) is 12.8 Å². The van der Waals surface area contributed by atoms with Crippen molar-refractivity contribution in [1.29, 1.82) is 0 Å². The number of carbonyl (C=O) groups is 1. The number of anilines is 1. The molecule has 134 valence electrons. The van der Waals surface area contributed by atoms with Gasteiger partial charge in [-0.3, -0.25) is 4.79 Å². The molecule has 8 heteroatoms. The number of hydrogen-bond donors (Lipinski definition) is 1. The Bertz CT molecular complexity index is 872. The van der Waals surface area contributed by atoms with E-state index in [9.17, 15) is 17.6 Å². The molecule has 1 aliphatic heterocycles. The van der Waals surface area contributed by atoms with Crippen LogP contribution in [0.5, 0.6) is 0 Å². The number of carbonyl (C=O) groups excluding carboxylic acids is 1. The number of hydrogen-bond acceptors (Lipinski definition) is 4. The first-order valence-corrected chi connectivity index (χ1v) is 10.3. The number of amides is 1. The molecule has 0 unspecified atom stereocenters. The van der Waals surface area contributed by atoms with Crippen molar-refractivity contribution in [3.63, 3.8) is 0 Å². The minimum atomic E-state index is -3.59. The third-order valence-corrected chi connectivity index (χ3v) is 7.26. The summed E-state index contributed by atoms with van der Waals surface area (Å²) in [5.74, 6) is -0.539. The van der Waals surface area contributed by atoms with Crippen molar-refractivity contribution in [2.75, 3.05) is 18.4 Å². The Labute approximate surface area is 150 Å². The lowest BCUT2D eigenvalue weighted by atomic mass is 10.0. The van der Waals surface area contributed by atoms with Crippen LogP contribution in [0.3, 0.4) is 0 Å². The number of nitrogens with zero attached hydrogens (tertiary/aromatic N) is 1. The summed E-state index contributed by atoms with van der Waals surface area (Å²) in [6, 6.07) is 7.19. The van der Waals surface area contributed by atoms with E-state index >= 15 is 0 Å². The fourth-order valence-electron chi connectivity index (χ4n) is 2.69. The van der Waals surface area contributed by atoms with Gasteiger partial charge < -0.3 is 5.32 Å². The Morgan fingerprint density at radius 1 is 1.28 bits per heavy atom. The van der Waals surface area contributed by atoms with E-state index in [1.54, 1.807) is 6.07 Å². The molecule has 5 nitrogen and oxygen atoms in total. The van der Waals surface area contributed by atoms with Crippen molar-refractivity contribution in [2.45, 2.75) is 24.7 Å². The first-order chi connectivity index (χ1) is 11.9. The summed E-state index contributed by atoms with van der Waals surface area (Å²) >= 11 is 1.03. The van der Waals surface area contributed by atoms with Crippen LogP contribution in [0.15, 0.2) is 40.6 Å². The number of para-hydroxylation sites is 1. The fourth-order valence-corrected chi connectivity index (χ4v) is 5.32. The lowest BCUT2D eigenvalue weighted by molar-refractivity contribution is 0.103. The molecule has 1 aromatic heterocycles. The molecule has 0 bridgehead atoms. The summed E-state index contributed by atoms with van der Waals surface area (Å²) in [7, 11) is -3.59. The van der Waals surface area contributed by atoms with Gasteiger partial charge in [0.2, 0.25) is 10.0 Å². The molecule has 1 aromatic carbocycles. The van der Waals surface area contributed by atoms with Crippen LogP contribution >= 0.6 is 11.3 Å². The maximum Gasteiger partial charge on any atom is 0.265 e. The minimum Gasteiger partial charge on any atom is -0.319 e. The Kier molecular flexibility index (Phi) is 5.21. The highest BCUT2D eigenvalue weighted by Crippen LogP contribution is 2.27. The highest BCUT2D eigenvalue weighted by Gasteiger charge is 2.29. The molecular formula is C17H19FN2O3S2. The fraction of sp³-hybridized carbons (Fsp3) is 0.353. The molecule has 0 saturated carbocycles. The van der Waals surface area contributed by atoms with Crippen LogP contribution in [-0.4, -0.2) is 31.7 Å². The van der Waals surface area contributed by atoms with Crippen LogP contribution in [-0.2, 0) is 10.0 Å². The second-order valence-corrected chi connectivity index (χ2v) is 9.02. The van der Waals surface area contributed by atoms with Gasteiger partial charge in [0, 0.05) is 18.5 Å². The van der Waals surface area contributed by atoms with E-state index in [1.165, 1.54) is 34.0 Å². The molecule has 1 fully saturated rings. The number of rotatable bonds is 4. The molecule has 1 N–H and O–H groups in total. The quantitative estimate of drug-likeness (QED) is 0.879. The number of sulfonamides is 1. The molecule has 1 aliphatic rings. The summed E-state index contributed by atoms with van der Waals surface area (Å²) in [6.45, 7) is 3.10. The van der Waals surface area contributed by atoms with Crippen molar-refractivity contribution in [3.8, 4) is 0 Å². The molecular weight excluding hydrogens is 363 g/mol. The maximum absolute atomic E-state index is 13.6. The monoisotopic (exact) mass is 382 g/mol. The minimum absolute atomic E-state index is 0.0651. The van der Waals surface area contributed by atoms with Gasteiger partial charge in [-0.15, -0.1) is 11.3 Å². The third kappa shape index (κ3) is 3.91. The lowest BCUT2D eigenvalue weighted by Crippen LogP contribution is -2.37. The van der Waals surface area contributed by atoms with E-state index in [1.807, 2.05) is 0 Å². The van der Waals surface area contributed by atoms with Crippen LogP contribution in [0.25, 0.3) is 0 Å². The molecule has 1 amide bonds. The number of piperidine rings is 1. The Hall–Kier alpha value is -1.77. The van der Waals surface area contributed by atoms with Gasteiger partial charge in [0.05, 0.1) is 15.5 Å². The summed E-state index contributed by atoms with van der Waals surface area (Å²) < 4.78 is 40.5. The van der Waals surface area contributed by atoms with E-state index in [4.69, 9.17) is 0 Å². The van der Waals surface area contributed by atoms with Crippen molar-refractivity contribution < 1.29 is 17.6 Å². The van der Waals surface area contributed by atoms with Crippen molar-refractivity contribution >= 4 is 33.0 Å². The Morgan fingerprint density at radius 3 is 2.64 bits per heavy atom. The predicted octanol–water partition coefficient (Wildman–Crippen LogP) is 3.56. The third-order valence-electron chi connectivity index (χ3n) is 4.30. The Morgan fingerprint density at radius 2 is 1.96 bits per heavy atom. The van der Waals surface area contributed by atoms with E-state index in [-0.39, 0.29) is 15.5 Å². The van der Waals surface area contributed by atoms with Crippen molar-refractivity contribution in [1.82, 2.24) is 4.31 Å². The van der Waals surface area contributed by atoms with Gasteiger partial charge in [-0.05, 0) is 37.0 Å². The smallest absolute Gasteiger partial charge is 0.265 e. The molecule has 2 heterocycles. The molecule has 1 saturated heterocycles. The topological polar surface area (TPSA) is 66.5 Å². The van der Waals surface area contributed by atoms with Gasteiger partial charge in [0.25, 0.3) is 5.91 Å². The summed E-state index contributed by atoms with van der Waals surface area (Å²) in [4.78, 5) is 12.6. The number of halogens is 1. The van der Waals surface area contributed by atoms with Gasteiger partial charge in [0.15, 0.2) is 0 Å². The number of benzene rings is 1. The summed E-state index contributed by atoms with van der Waals surface area (Å²) in [5, 5.41) is 3.93. The molecule has 2 aromatic rings. The van der Waals surface area contributed by atoms with E-state index in [0.29, 0.717) is 19.0 Å². The van der Waals surface area contributed by atoms with Crippen molar-refractivity contribution in [3.05, 3.63) is 46.4 Å². The van der Waals surface area contributed by atoms with Gasteiger partial charge in [-0.1, -0.05) is 19.1 Å². The van der Waals surface area contributed by atoms with Crippen LogP contribution in [0.4, 0.5) is 10.1 Å². The molecule has 0 spiro atoms. The van der Waals surface area contributed by atoms with E-state index in [2.05, 4.69) is 12.2 Å². The SMILES string of the molecule is CC1CCN(S(=O)(=O)c2csc(C(=O)Nc3ccccc3F)c2)CC1. The van der Waals surface area contributed by atoms with Crippen LogP contribution in [0, 0.1) is 11.7 Å². The predicted molar refractivity (Wildman–Crippen MR) is 95.8 cm³/mol. The van der Waals surface area contributed by atoms with Gasteiger partial charge in [-0.2, -0.15) is 4.31 Å². The summed E-state index contributed by atoms with van der Waals surface area (Å²) in [5.41, 5.74) is 0.0651. The molecule has 0 atom stereocenters. The van der Waals surface area contributed by atoms with Crippen molar-refractivity contribution in [2.24, 2.45) is 5.92 Å². The number of nitrogens with one attached hydrogen (secondary N) is 1. The molecule has 3 rings (SSSR count). The Balaban J connectivity index is 1.75. The second kappa shape index (κ2) is 7.23. The van der Waals surface area contributed by atoms with Crippen LogP contribution in [0.1, 0.15) is 29.4 Å². The van der Waals surface area contributed by atoms with Crippen LogP contribution in [0.2, 0.25) is 0 Å². The molecule has 0 radical (unpaired) electrons. The average Bonchev–Trinajstić information content (AvgIpc) is 3.08. The normalized spacial score (nSPS) is 16.7. The zero-order chi connectivity index (χ0) is 18.0. The first kappa shape index (κ1) is 18.0. The standard InChI is InChI=1S/C17H19FN2O3S2/c1-12-6-8-20(9-7-12)25(22,23)13-10-16(24-11-13)17(21)19-15-5-3-2-4-14(15)18/h2-5,10-12H,6-9H2,1H3,(H,19,21). The molecule has 0 aliphatic carbocycles. The van der Waals surface area contributed by atoms with E-state index in [0.717, 1.165) is 24.2 Å². The highest BCUT2D eigenvalue weighted by atomic mass is 32.2. The largest absolute Gasteiger partial charge is 0.319 e. The lowest BCUT2D eigenvalue weighted by Gasteiger charge is -2.29. The second-order valence-electron chi connectivity index (χ2n) is 6.17. The maximum atomic E-state index is 13.6. The summed E-state index contributed by atoms with van der Waals surface area (Å²) in [6.07, 6.45) is 1.67. The zero-order valence-electron chi connectivity index (χ0n) is 13.7. The van der Waals surface area contributed by atoms with Gasteiger partial charge >= 0.3 is 0 Å². The first-order valence-electron chi connectivity index (χ1n) is 8.02. The highest BCUT2D eigenvalue weighted by molar-refractivity contribution is 7.89. The zero-order valence-corrected chi connectivity index (χ0v) is 15.4. The van der Waals surface area contributed by atoms with Gasteiger partial charge in [0.1, 0.15) is 5.82 Å². The van der Waals surface area contributed by atoms with Crippen LogP contribution < -0.4 is 5.32 Å². The average molecular weight is 382 g/mol. The van der Waals surface area contributed by atoms with E-state index < -0.39 is 21.7 Å².